The van der Waals surface area contributed by atoms with E-state index in [4.69, 9.17) is 9.47 Å². The summed E-state index contributed by atoms with van der Waals surface area (Å²) >= 11 is 0. The van der Waals surface area contributed by atoms with Crippen LogP contribution in [-0.2, 0) is 9.47 Å². The van der Waals surface area contributed by atoms with Crippen LogP contribution in [-0.4, -0.2) is 24.4 Å². The lowest BCUT2D eigenvalue weighted by molar-refractivity contribution is 0.0447. The molecule has 2 heteroatoms. The maximum Gasteiger partial charge on any atom is 0.0875 e. The predicted molar refractivity (Wildman–Crippen MR) is 63.6 cm³/mol. The zero-order valence-corrected chi connectivity index (χ0v) is 10.7. The lowest BCUT2D eigenvalue weighted by Crippen LogP contribution is -2.40. The van der Waals surface area contributed by atoms with Gasteiger partial charge in [0.05, 0.1) is 24.4 Å². The molecule has 2 nitrogen and oxygen atoms in total. The molecular weight excluding hydrogens is 224 g/mol. The summed E-state index contributed by atoms with van der Waals surface area (Å²) in [5.74, 6) is 9.13. The third-order valence-corrected chi connectivity index (χ3v) is 8.42. The quantitative estimate of drug-likeness (QED) is 0.480. The van der Waals surface area contributed by atoms with Crippen molar-refractivity contribution in [2.45, 2.75) is 44.2 Å². The molecule has 0 radical (unpaired) electrons. The van der Waals surface area contributed by atoms with Gasteiger partial charge < -0.3 is 9.47 Å². The molecule has 4 bridgehead atoms. The van der Waals surface area contributed by atoms with E-state index in [0.29, 0.717) is 24.4 Å². The molecule has 0 aromatic carbocycles. The van der Waals surface area contributed by atoms with E-state index in [0.717, 1.165) is 53.3 Å². The van der Waals surface area contributed by atoms with Crippen LogP contribution in [0.2, 0.25) is 0 Å². The van der Waals surface area contributed by atoms with Crippen LogP contribution >= 0.6 is 0 Å². The van der Waals surface area contributed by atoms with Crippen molar-refractivity contribution in [3.05, 3.63) is 0 Å². The Morgan fingerprint density at radius 3 is 2.28 bits per heavy atom. The Bertz CT molecular complexity index is 474. The van der Waals surface area contributed by atoms with Crippen molar-refractivity contribution < 1.29 is 9.47 Å². The van der Waals surface area contributed by atoms with Crippen LogP contribution in [0.15, 0.2) is 0 Å². The average Bonchev–Trinajstić information content (AvgIpc) is 3.13. The Balaban J connectivity index is 1.40. The van der Waals surface area contributed by atoms with Gasteiger partial charge in [0.2, 0.25) is 0 Å². The summed E-state index contributed by atoms with van der Waals surface area (Å²) in [6.07, 6.45) is 5.75. The number of epoxide rings is 2. The summed E-state index contributed by atoms with van der Waals surface area (Å²) in [4.78, 5) is 0. The Morgan fingerprint density at radius 2 is 1.44 bits per heavy atom. The van der Waals surface area contributed by atoms with Crippen molar-refractivity contribution in [3.8, 4) is 0 Å². The van der Waals surface area contributed by atoms with E-state index in [-0.39, 0.29) is 0 Å². The van der Waals surface area contributed by atoms with Crippen LogP contribution in [0.4, 0.5) is 0 Å². The predicted octanol–water partition coefficient (Wildman–Crippen LogP) is 1.94. The first-order chi connectivity index (χ1) is 8.84. The molecule has 2 saturated heterocycles. The molecule has 13 atom stereocenters. The van der Waals surface area contributed by atoms with E-state index < -0.39 is 0 Å². The molecule has 13 unspecified atom stereocenters. The summed E-state index contributed by atoms with van der Waals surface area (Å²) in [7, 11) is 0. The van der Waals surface area contributed by atoms with Crippen LogP contribution in [0, 0.1) is 53.3 Å². The maximum absolute atomic E-state index is 5.96. The normalized spacial score (nSPS) is 83.5. The Labute approximate surface area is 107 Å². The van der Waals surface area contributed by atoms with Gasteiger partial charge in [-0.05, 0) is 66.1 Å². The number of fused-ring (bicyclic) bond motifs is 17. The molecule has 96 valence electrons. The molecule has 0 amide bonds. The summed E-state index contributed by atoms with van der Waals surface area (Å²) in [6, 6.07) is 0. The average molecular weight is 244 g/mol. The fourth-order valence-corrected chi connectivity index (χ4v) is 8.33. The minimum Gasteiger partial charge on any atom is -0.369 e. The Kier molecular flexibility index (Phi) is 1.16. The zero-order chi connectivity index (χ0) is 11.3. The van der Waals surface area contributed by atoms with Crippen molar-refractivity contribution in [3.63, 3.8) is 0 Å². The number of rotatable bonds is 0. The molecule has 7 aliphatic rings. The standard InChI is InChI=1S/C16H20O2/c1-4-9-5-3-8-16(17-8)13(5)10(4)12-7-2-6(11(9)12)14-15(7)18-14/h4-16H,2-3H2,1H3. The van der Waals surface area contributed by atoms with Crippen molar-refractivity contribution >= 4 is 0 Å². The van der Waals surface area contributed by atoms with Crippen LogP contribution < -0.4 is 0 Å². The fourth-order valence-electron chi connectivity index (χ4n) is 8.33. The highest BCUT2D eigenvalue weighted by atomic mass is 16.6. The Morgan fingerprint density at radius 1 is 0.667 bits per heavy atom. The number of hydrogen-bond acceptors (Lipinski definition) is 2. The van der Waals surface area contributed by atoms with Gasteiger partial charge in [0.25, 0.3) is 0 Å². The van der Waals surface area contributed by atoms with Crippen LogP contribution in [0.3, 0.4) is 0 Å². The van der Waals surface area contributed by atoms with Gasteiger partial charge in [-0.2, -0.15) is 0 Å². The minimum atomic E-state index is 0.694. The van der Waals surface area contributed by atoms with Gasteiger partial charge in [0, 0.05) is 0 Å². The van der Waals surface area contributed by atoms with Gasteiger partial charge in [-0.3, -0.25) is 0 Å². The van der Waals surface area contributed by atoms with Gasteiger partial charge in [-0.25, -0.2) is 0 Å². The topological polar surface area (TPSA) is 25.1 Å². The van der Waals surface area contributed by atoms with Crippen molar-refractivity contribution in [1.82, 2.24) is 0 Å². The lowest BCUT2D eigenvalue weighted by Gasteiger charge is -2.40. The molecule has 0 N–H and O–H groups in total. The van der Waals surface area contributed by atoms with E-state index in [1.807, 2.05) is 0 Å². The fraction of sp³-hybridized carbons (Fsp3) is 1.00. The highest BCUT2D eigenvalue weighted by Crippen LogP contribution is 2.78. The maximum atomic E-state index is 5.96. The van der Waals surface area contributed by atoms with Crippen molar-refractivity contribution in [2.75, 3.05) is 0 Å². The SMILES string of the molecule is CC1C2C3CC4OC4C3C1C1C3CC(C4OC34)C21. The van der Waals surface area contributed by atoms with Crippen LogP contribution in [0.25, 0.3) is 0 Å². The van der Waals surface area contributed by atoms with Crippen LogP contribution in [0.5, 0.6) is 0 Å². The minimum absolute atomic E-state index is 0.694. The van der Waals surface area contributed by atoms with E-state index in [2.05, 4.69) is 6.92 Å². The molecule has 2 heterocycles. The molecule has 7 fully saturated rings. The van der Waals surface area contributed by atoms with Gasteiger partial charge >= 0.3 is 0 Å². The third kappa shape index (κ3) is 0.685. The second-order valence-corrected chi connectivity index (χ2v) is 8.41. The highest BCUT2D eigenvalue weighted by Gasteiger charge is 2.79. The first-order valence-electron chi connectivity index (χ1n) is 8.15. The molecule has 5 saturated carbocycles. The number of ether oxygens (including phenoxy) is 2. The molecule has 0 spiro atoms. The van der Waals surface area contributed by atoms with Crippen LogP contribution in [0.1, 0.15) is 19.8 Å². The molecule has 18 heavy (non-hydrogen) atoms. The second kappa shape index (κ2) is 2.33. The molecular formula is C16H20O2. The molecule has 0 aromatic heterocycles. The van der Waals surface area contributed by atoms with E-state index >= 15 is 0 Å². The van der Waals surface area contributed by atoms with Gasteiger partial charge in [0.1, 0.15) is 0 Å². The lowest BCUT2D eigenvalue weighted by atomic mass is 9.64. The molecule has 2 aliphatic heterocycles. The smallest absolute Gasteiger partial charge is 0.0875 e. The second-order valence-electron chi connectivity index (χ2n) is 8.41. The van der Waals surface area contributed by atoms with E-state index in [1.54, 1.807) is 0 Å². The zero-order valence-electron chi connectivity index (χ0n) is 10.7. The van der Waals surface area contributed by atoms with Crippen molar-refractivity contribution in [1.29, 1.82) is 0 Å². The molecule has 5 aliphatic carbocycles. The summed E-state index contributed by atoms with van der Waals surface area (Å²) in [5.41, 5.74) is 0. The van der Waals surface area contributed by atoms with Crippen molar-refractivity contribution in [2.24, 2.45) is 53.3 Å². The molecule has 7 rings (SSSR count). The van der Waals surface area contributed by atoms with E-state index in [1.165, 1.54) is 12.8 Å². The first-order valence-corrected chi connectivity index (χ1v) is 8.15. The van der Waals surface area contributed by atoms with Gasteiger partial charge in [0.15, 0.2) is 0 Å². The summed E-state index contributed by atoms with van der Waals surface area (Å²) in [6.45, 7) is 2.58. The summed E-state index contributed by atoms with van der Waals surface area (Å²) < 4.78 is 11.9. The largest absolute Gasteiger partial charge is 0.369 e. The van der Waals surface area contributed by atoms with Gasteiger partial charge in [-0.15, -0.1) is 0 Å². The number of hydrogen-bond donors (Lipinski definition) is 0. The molecule has 0 aromatic rings. The highest BCUT2D eigenvalue weighted by molar-refractivity contribution is 5.26. The summed E-state index contributed by atoms with van der Waals surface area (Å²) in [5, 5.41) is 0. The van der Waals surface area contributed by atoms with Gasteiger partial charge in [-0.1, -0.05) is 6.92 Å². The monoisotopic (exact) mass is 244 g/mol. The third-order valence-electron chi connectivity index (χ3n) is 8.42. The van der Waals surface area contributed by atoms with E-state index in [9.17, 15) is 0 Å². The first kappa shape index (κ1) is 8.97. The Hall–Kier alpha value is -0.0800.